The highest BCUT2D eigenvalue weighted by atomic mass is 16.5. The standard InChI is InChI=1S/C18H26N2O2/c21-18(16-4-2-7-19-9-16)6-1-3-15-11-20(12-17(15)18)10-14-5-8-22-13-14/h2,4,7,9,14-15,17,21H,1,3,5-6,8,10-13H2. The molecule has 1 N–H and O–H groups in total. The Labute approximate surface area is 132 Å². The Hall–Kier alpha value is -0.970. The molecule has 1 aliphatic carbocycles. The number of likely N-dealkylation sites (tertiary alicyclic amines) is 1. The fourth-order valence-electron chi connectivity index (χ4n) is 4.83. The van der Waals surface area contributed by atoms with Crippen LogP contribution in [0.1, 0.15) is 31.2 Å². The summed E-state index contributed by atoms with van der Waals surface area (Å²) >= 11 is 0. The zero-order valence-corrected chi connectivity index (χ0v) is 13.2. The van der Waals surface area contributed by atoms with E-state index in [1.165, 1.54) is 12.8 Å². The Morgan fingerprint density at radius 1 is 1.36 bits per heavy atom. The van der Waals surface area contributed by atoms with Gasteiger partial charge < -0.3 is 14.7 Å². The molecule has 0 spiro atoms. The fourth-order valence-corrected chi connectivity index (χ4v) is 4.83. The van der Waals surface area contributed by atoms with E-state index in [0.29, 0.717) is 17.8 Å². The molecule has 4 atom stereocenters. The first-order valence-electron chi connectivity index (χ1n) is 8.69. The van der Waals surface area contributed by atoms with Crippen molar-refractivity contribution in [2.24, 2.45) is 17.8 Å². The number of pyridine rings is 1. The number of fused-ring (bicyclic) bond motifs is 1. The number of ether oxygens (including phenoxy) is 1. The molecular formula is C18H26N2O2. The predicted octanol–water partition coefficient (Wildman–Crippen LogP) is 2.04. The minimum atomic E-state index is -0.682. The monoisotopic (exact) mass is 302 g/mol. The predicted molar refractivity (Wildman–Crippen MR) is 84.3 cm³/mol. The molecule has 3 aliphatic rings. The molecule has 1 aromatic rings. The van der Waals surface area contributed by atoms with Gasteiger partial charge in [-0.15, -0.1) is 0 Å². The molecule has 3 fully saturated rings. The smallest absolute Gasteiger partial charge is 0.0954 e. The molecule has 1 saturated carbocycles. The van der Waals surface area contributed by atoms with Gasteiger partial charge in [0, 0.05) is 50.1 Å². The van der Waals surface area contributed by atoms with Crippen molar-refractivity contribution >= 4 is 0 Å². The summed E-state index contributed by atoms with van der Waals surface area (Å²) in [5.41, 5.74) is 0.328. The lowest BCUT2D eigenvalue weighted by Gasteiger charge is -2.41. The topological polar surface area (TPSA) is 45.6 Å². The van der Waals surface area contributed by atoms with Crippen LogP contribution < -0.4 is 0 Å². The minimum absolute atomic E-state index is 0.354. The van der Waals surface area contributed by atoms with Crippen molar-refractivity contribution in [2.45, 2.75) is 31.3 Å². The quantitative estimate of drug-likeness (QED) is 0.928. The SMILES string of the molecule is OC1(c2cccnc2)CCCC2CN(CC3CCOC3)CC21. The highest BCUT2D eigenvalue weighted by Crippen LogP contribution is 2.48. The molecule has 120 valence electrons. The Balaban J connectivity index is 1.51. The van der Waals surface area contributed by atoms with E-state index in [-0.39, 0.29) is 0 Å². The summed E-state index contributed by atoms with van der Waals surface area (Å²) in [5, 5.41) is 11.4. The van der Waals surface area contributed by atoms with Crippen molar-refractivity contribution in [3.05, 3.63) is 30.1 Å². The van der Waals surface area contributed by atoms with Gasteiger partial charge in [-0.2, -0.15) is 0 Å². The van der Waals surface area contributed by atoms with E-state index in [0.717, 1.165) is 51.3 Å². The molecule has 4 heteroatoms. The number of hydrogen-bond donors (Lipinski definition) is 1. The maximum atomic E-state index is 11.4. The Bertz CT molecular complexity index is 503. The summed E-state index contributed by atoms with van der Waals surface area (Å²) in [6.45, 7) is 5.14. The van der Waals surface area contributed by atoms with Gasteiger partial charge in [0.15, 0.2) is 0 Å². The van der Waals surface area contributed by atoms with Crippen LogP contribution in [0.15, 0.2) is 24.5 Å². The van der Waals surface area contributed by atoms with E-state index in [2.05, 4.69) is 9.88 Å². The van der Waals surface area contributed by atoms with Crippen molar-refractivity contribution in [2.75, 3.05) is 32.8 Å². The van der Waals surface area contributed by atoms with Gasteiger partial charge in [-0.3, -0.25) is 4.98 Å². The van der Waals surface area contributed by atoms with Crippen molar-refractivity contribution in [3.8, 4) is 0 Å². The molecule has 4 rings (SSSR count). The number of aliphatic hydroxyl groups is 1. The second kappa shape index (κ2) is 5.91. The maximum absolute atomic E-state index is 11.4. The van der Waals surface area contributed by atoms with E-state index in [4.69, 9.17) is 4.74 Å². The van der Waals surface area contributed by atoms with Crippen LogP contribution in [0.2, 0.25) is 0 Å². The first kappa shape index (κ1) is 14.6. The summed E-state index contributed by atoms with van der Waals surface area (Å²) in [7, 11) is 0. The molecule has 0 bridgehead atoms. The van der Waals surface area contributed by atoms with E-state index in [1.54, 1.807) is 6.20 Å². The number of rotatable bonds is 3. The highest BCUT2D eigenvalue weighted by Gasteiger charge is 2.49. The highest BCUT2D eigenvalue weighted by molar-refractivity contribution is 5.22. The van der Waals surface area contributed by atoms with Gasteiger partial charge in [-0.1, -0.05) is 6.07 Å². The van der Waals surface area contributed by atoms with Crippen LogP contribution in [-0.2, 0) is 10.3 Å². The van der Waals surface area contributed by atoms with Gasteiger partial charge in [0.05, 0.1) is 12.2 Å². The Morgan fingerprint density at radius 3 is 3.09 bits per heavy atom. The fraction of sp³-hybridized carbons (Fsp3) is 0.722. The number of nitrogens with zero attached hydrogens (tertiary/aromatic N) is 2. The molecule has 1 aromatic heterocycles. The van der Waals surface area contributed by atoms with Crippen molar-refractivity contribution < 1.29 is 9.84 Å². The lowest BCUT2D eigenvalue weighted by atomic mass is 9.68. The summed E-state index contributed by atoms with van der Waals surface area (Å²) in [6, 6.07) is 3.99. The average Bonchev–Trinajstić information content (AvgIpc) is 3.19. The van der Waals surface area contributed by atoms with Crippen molar-refractivity contribution in [3.63, 3.8) is 0 Å². The molecule has 0 aromatic carbocycles. The summed E-state index contributed by atoms with van der Waals surface area (Å²) < 4.78 is 5.51. The zero-order chi connectivity index (χ0) is 15.0. The van der Waals surface area contributed by atoms with Crippen LogP contribution in [0.25, 0.3) is 0 Å². The van der Waals surface area contributed by atoms with Crippen molar-refractivity contribution in [1.82, 2.24) is 9.88 Å². The first-order valence-corrected chi connectivity index (χ1v) is 8.69. The molecule has 4 unspecified atom stereocenters. The largest absolute Gasteiger partial charge is 0.385 e. The molecule has 0 amide bonds. The minimum Gasteiger partial charge on any atom is -0.385 e. The van der Waals surface area contributed by atoms with E-state index in [9.17, 15) is 5.11 Å². The van der Waals surface area contributed by atoms with Crippen LogP contribution in [0.3, 0.4) is 0 Å². The molecule has 3 heterocycles. The van der Waals surface area contributed by atoms with Gasteiger partial charge in [0.2, 0.25) is 0 Å². The van der Waals surface area contributed by atoms with Crippen LogP contribution in [0, 0.1) is 17.8 Å². The van der Waals surface area contributed by atoms with Gasteiger partial charge in [-0.25, -0.2) is 0 Å². The molecule has 22 heavy (non-hydrogen) atoms. The van der Waals surface area contributed by atoms with Gasteiger partial charge in [-0.05, 0) is 43.6 Å². The number of aromatic nitrogens is 1. The summed E-state index contributed by atoms with van der Waals surface area (Å²) in [4.78, 5) is 6.80. The van der Waals surface area contributed by atoms with Gasteiger partial charge in [0.25, 0.3) is 0 Å². The second-order valence-corrected chi connectivity index (χ2v) is 7.37. The summed E-state index contributed by atoms with van der Waals surface area (Å²) in [5.74, 6) is 1.67. The Morgan fingerprint density at radius 2 is 2.32 bits per heavy atom. The van der Waals surface area contributed by atoms with E-state index >= 15 is 0 Å². The second-order valence-electron chi connectivity index (χ2n) is 7.37. The summed E-state index contributed by atoms with van der Waals surface area (Å²) in [6.07, 6.45) is 8.08. The van der Waals surface area contributed by atoms with Crippen LogP contribution in [0.4, 0.5) is 0 Å². The third-order valence-electron chi connectivity index (χ3n) is 5.96. The molecule has 4 nitrogen and oxygen atoms in total. The third kappa shape index (κ3) is 2.57. The first-order chi connectivity index (χ1) is 10.8. The lowest BCUT2D eigenvalue weighted by molar-refractivity contribution is -0.0651. The third-order valence-corrected chi connectivity index (χ3v) is 5.96. The average molecular weight is 302 g/mol. The molecule has 2 saturated heterocycles. The van der Waals surface area contributed by atoms with Gasteiger partial charge in [0.1, 0.15) is 0 Å². The maximum Gasteiger partial charge on any atom is 0.0954 e. The number of hydrogen-bond acceptors (Lipinski definition) is 4. The zero-order valence-electron chi connectivity index (χ0n) is 13.2. The van der Waals surface area contributed by atoms with Crippen LogP contribution in [0.5, 0.6) is 0 Å². The Kier molecular flexibility index (Phi) is 3.93. The van der Waals surface area contributed by atoms with Crippen molar-refractivity contribution in [1.29, 1.82) is 0 Å². The molecular weight excluding hydrogens is 276 g/mol. The molecule has 2 aliphatic heterocycles. The van der Waals surface area contributed by atoms with Crippen LogP contribution >= 0.6 is 0 Å². The normalized spacial score (nSPS) is 39.0. The van der Waals surface area contributed by atoms with Gasteiger partial charge >= 0.3 is 0 Å². The van der Waals surface area contributed by atoms with E-state index in [1.807, 2.05) is 18.3 Å². The van der Waals surface area contributed by atoms with E-state index < -0.39 is 5.60 Å². The molecule has 0 radical (unpaired) electrons. The lowest BCUT2D eigenvalue weighted by Crippen LogP contribution is -2.42. The van der Waals surface area contributed by atoms with Crippen LogP contribution in [-0.4, -0.2) is 47.8 Å².